The lowest BCUT2D eigenvalue weighted by Gasteiger charge is -2.34. The summed E-state index contributed by atoms with van der Waals surface area (Å²) >= 11 is 0. The number of carbonyl (C=O) groups is 1. The number of hydrogen-bond donors (Lipinski definition) is 0. The third kappa shape index (κ3) is 3.27. The van der Waals surface area contributed by atoms with Crippen LogP contribution in [0, 0.1) is 0 Å². The van der Waals surface area contributed by atoms with E-state index in [9.17, 15) is 4.79 Å². The number of aryl methyl sites for hydroxylation is 2. The number of fused-ring (bicyclic) bond motifs is 1. The minimum atomic E-state index is -0.434. The topological polar surface area (TPSA) is 44.8 Å². The Morgan fingerprint density at radius 1 is 1.14 bits per heavy atom. The van der Waals surface area contributed by atoms with Crippen LogP contribution in [0.1, 0.15) is 30.4 Å². The number of rotatable bonds is 6. The summed E-state index contributed by atoms with van der Waals surface area (Å²) < 4.78 is 16.4. The van der Waals surface area contributed by atoms with Gasteiger partial charge >= 0.3 is 0 Å². The number of methoxy groups -OCH3 is 1. The molecule has 0 aliphatic heterocycles. The van der Waals surface area contributed by atoms with E-state index in [4.69, 9.17) is 14.2 Å². The van der Waals surface area contributed by atoms with E-state index in [-0.39, 0.29) is 11.9 Å². The maximum Gasteiger partial charge on any atom is 0.169 e. The van der Waals surface area contributed by atoms with Gasteiger partial charge in [-0.15, -0.1) is 0 Å². The highest BCUT2D eigenvalue weighted by atomic mass is 16.6. The zero-order valence-corrected chi connectivity index (χ0v) is 12.5. The molecule has 2 unspecified atom stereocenters. The van der Waals surface area contributed by atoms with E-state index in [0.29, 0.717) is 19.6 Å². The SMILES string of the molecule is COCCOC1C(=O)CC1Oc1ccc2c(c1)CCCC2. The van der Waals surface area contributed by atoms with Gasteiger partial charge < -0.3 is 14.2 Å². The maximum atomic E-state index is 11.6. The van der Waals surface area contributed by atoms with Crippen LogP contribution >= 0.6 is 0 Å². The highest BCUT2D eigenvalue weighted by Crippen LogP contribution is 2.29. The standard InChI is InChI=1S/C17H22O4/c1-19-8-9-20-17-15(18)11-16(17)21-14-7-6-12-4-2-3-5-13(12)10-14/h6-7,10,16-17H,2-5,8-9,11H2,1H3. The number of ketones is 1. The summed E-state index contributed by atoms with van der Waals surface area (Å²) in [6.45, 7) is 0.923. The molecular formula is C17H22O4. The van der Waals surface area contributed by atoms with Gasteiger partial charge in [0.2, 0.25) is 0 Å². The Hall–Kier alpha value is -1.39. The highest BCUT2D eigenvalue weighted by molar-refractivity contribution is 5.90. The van der Waals surface area contributed by atoms with Crippen LogP contribution in [-0.2, 0) is 27.1 Å². The molecule has 0 amide bonds. The Labute approximate surface area is 125 Å². The molecule has 2 atom stereocenters. The quantitative estimate of drug-likeness (QED) is 0.754. The fraction of sp³-hybridized carbons (Fsp3) is 0.588. The minimum Gasteiger partial charge on any atom is -0.487 e. The van der Waals surface area contributed by atoms with Gasteiger partial charge in [-0.25, -0.2) is 0 Å². The molecule has 1 fully saturated rings. The second-order valence-corrected chi connectivity index (χ2v) is 5.75. The van der Waals surface area contributed by atoms with Crippen LogP contribution in [0.25, 0.3) is 0 Å². The predicted molar refractivity (Wildman–Crippen MR) is 78.7 cm³/mol. The van der Waals surface area contributed by atoms with Crippen LogP contribution < -0.4 is 4.74 Å². The molecule has 1 saturated carbocycles. The molecule has 3 rings (SSSR count). The summed E-state index contributed by atoms with van der Waals surface area (Å²) in [7, 11) is 1.62. The first-order valence-corrected chi connectivity index (χ1v) is 7.69. The van der Waals surface area contributed by atoms with Gasteiger partial charge in [0.15, 0.2) is 11.9 Å². The van der Waals surface area contributed by atoms with Gasteiger partial charge in [0, 0.05) is 13.5 Å². The van der Waals surface area contributed by atoms with Gasteiger partial charge in [0.1, 0.15) is 11.9 Å². The van der Waals surface area contributed by atoms with Crippen molar-refractivity contribution in [2.45, 2.75) is 44.3 Å². The van der Waals surface area contributed by atoms with E-state index in [1.165, 1.54) is 30.4 Å². The number of benzene rings is 1. The fourth-order valence-corrected chi connectivity index (χ4v) is 2.99. The molecule has 0 radical (unpaired) electrons. The molecule has 0 N–H and O–H groups in total. The third-order valence-corrected chi connectivity index (χ3v) is 4.25. The summed E-state index contributed by atoms with van der Waals surface area (Å²) in [5.74, 6) is 0.975. The van der Waals surface area contributed by atoms with Gasteiger partial charge in [-0.2, -0.15) is 0 Å². The van der Waals surface area contributed by atoms with Crippen LogP contribution in [0.2, 0.25) is 0 Å². The Balaban J connectivity index is 1.59. The number of hydrogen-bond acceptors (Lipinski definition) is 4. The zero-order valence-electron chi connectivity index (χ0n) is 12.5. The lowest BCUT2D eigenvalue weighted by atomic mass is 9.89. The summed E-state index contributed by atoms with van der Waals surface area (Å²) in [4.78, 5) is 11.6. The van der Waals surface area contributed by atoms with Crippen molar-refractivity contribution in [3.63, 3.8) is 0 Å². The maximum absolute atomic E-state index is 11.6. The Kier molecular flexibility index (Phi) is 4.56. The summed E-state index contributed by atoms with van der Waals surface area (Å²) in [5, 5.41) is 0. The summed E-state index contributed by atoms with van der Waals surface area (Å²) in [6.07, 6.45) is 4.67. The van der Waals surface area contributed by atoms with E-state index in [1.807, 2.05) is 6.07 Å². The first-order valence-electron chi connectivity index (χ1n) is 7.69. The monoisotopic (exact) mass is 290 g/mol. The van der Waals surface area contributed by atoms with Crippen LogP contribution in [0.4, 0.5) is 0 Å². The molecule has 0 heterocycles. The molecule has 4 nitrogen and oxygen atoms in total. The van der Waals surface area contributed by atoms with Crippen LogP contribution in [-0.4, -0.2) is 38.3 Å². The van der Waals surface area contributed by atoms with Crippen molar-refractivity contribution in [3.05, 3.63) is 29.3 Å². The van der Waals surface area contributed by atoms with Crippen molar-refractivity contribution >= 4 is 5.78 Å². The second kappa shape index (κ2) is 6.58. The molecular weight excluding hydrogens is 268 g/mol. The largest absolute Gasteiger partial charge is 0.487 e. The van der Waals surface area contributed by atoms with Crippen LogP contribution in [0.15, 0.2) is 18.2 Å². The van der Waals surface area contributed by atoms with E-state index >= 15 is 0 Å². The second-order valence-electron chi connectivity index (χ2n) is 5.75. The number of Topliss-reactive ketones (excluding diaryl/α,β-unsaturated/α-hetero) is 1. The normalized spacial score (nSPS) is 24.3. The van der Waals surface area contributed by atoms with E-state index < -0.39 is 6.10 Å². The Bertz CT molecular complexity index is 512. The van der Waals surface area contributed by atoms with Crippen LogP contribution in [0.5, 0.6) is 5.75 Å². The summed E-state index contributed by atoms with van der Waals surface area (Å²) in [6, 6.07) is 6.30. The molecule has 2 aliphatic carbocycles. The third-order valence-electron chi connectivity index (χ3n) is 4.25. The molecule has 21 heavy (non-hydrogen) atoms. The van der Waals surface area contributed by atoms with Crippen LogP contribution in [0.3, 0.4) is 0 Å². The molecule has 0 aromatic heterocycles. The molecule has 2 aliphatic rings. The van der Waals surface area contributed by atoms with Crippen molar-refractivity contribution in [1.82, 2.24) is 0 Å². The lowest BCUT2D eigenvalue weighted by Crippen LogP contribution is -2.52. The van der Waals surface area contributed by atoms with Gasteiger partial charge in [0.05, 0.1) is 13.2 Å². The molecule has 4 heteroatoms. The van der Waals surface area contributed by atoms with Crippen molar-refractivity contribution in [2.75, 3.05) is 20.3 Å². The van der Waals surface area contributed by atoms with Crippen molar-refractivity contribution in [3.8, 4) is 5.75 Å². The van der Waals surface area contributed by atoms with E-state index in [0.717, 1.165) is 12.2 Å². The van der Waals surface area contributed by atoms with Crippen molar-refractivity contribution in [2.24, 2.45) is 0 Å². The van der Waals surface area contributed by atoms with Gasteiger partial charge in [0.25, 0.3) is 0 Å². The van der Waals surface area contributed by atoms with E-state index in [1.54, 1.807) is 7.11 Å². The average Bonchev–Trinajstić information content (AvgIpc) is 2.51. The Morgan fingerprint density at radius 2 is 1.95 bits per heavy atom. The smallest absolute Gasteiger partial charge is 0.169 e. The molecule has 0 saturated heterocycles. The van der Waals surface area contributed by atoms with Crippen molar-refractivity contribution < 1.29 is 19.0 Å². The highest BCUT2D eigenvalue weighted by Gasteiger charge is 2.42. The lowest BCUT2D eigenvalue weighted by molar-refractivity contribution is -0.156. The van der Waals surface area contributed by atoms with Gasteiger partial charge in [-0.3, -0.25) is 4.79 Å². The number of ether oxygens (including phenoxy) is 3. The minimum absolute atomic E-state index is 0.120. The van der Waals surface area contributed by atoms with Crippen molar-refractivity contribution in [1.29, 1.82) is 0 Å². The molecule has 0 spiro atoms. The first kappa shape index (κ1) is 14.5. The number of carbonyl (C=O) groups excluding carboxylic acids is 1. The zero-order chi connectivity index (χ0) is 14.7. The summed E-state index contributed by atoms with van der Waals surface area (Å²) in [5.41, 5.74) is 2.83. The average molecular weight is 290 g/mol. The molecule has 0 bridgehead atoms. The van der Waals surface area contributed by atoms with Gasteiger partial charge in [-0.1, -0.05) is 6.07 Å². The van der Waals surface area contributed by atoms with Gasteiger partial charge in [-0.05, 0) is 48.9 Å². The molecule has 114 valence electrons. The molecule has 1 aromatic rings. The first-order chi connectivity index (χ1) is 10.3. The predicted octanol–water partition coefficient (Wildman–Crippen LogP) is 2.32. The Morgan fingerprint density at radius 3 is 2.71 bits per heavy atom. The molecule has 1 aromatic carbocycles. The fourth-order valence-electron chi connectivity index (χ4n) is 2.99. The van der Waals surface area contributed by atoms with E-state index in [2.05, 4.69) is 12.1 Å².